The molecule has 0 aliphatic rings. The number of hydrogen-bond donors (Lipinski definition) is 1. The van der Waals surface area contributed by atoms with Crippen LogP contribution < -0.4 is 10.5 Å². The highest BCUT2D eigenvalue weighted by molar-refractivity contribution is 9.10. The van der Waals surface area contributed by atoms with Gasteiger partial charge in [0, 0.05) is 12.6 Å². The second kappa shape index (κ2) is 7.09. The zero-order valence-corrected chi connectivity index (χ0v) is 14.4. The van der Waals surface area contributed by atoms with Crippen molar-refractivity contribution in [2.75, 3.05) is 0 Å². The summed E-state index contributed by atoms with van der Waals surface area (Å²) in [5.41, 5.74) is 9.12. The van der Waals surface area contributed by atoms with Crippen molar-refractivity contribution < 1.29 is 4.74 Å². The van der Waals surface area contributed by atoms with Crippen molar-refractivity contribution in [2.24, 2.45) is 5.73 Å². The number of benzene rings is 1. The molecule has 2 N–H and O–H groups in total. The number of aromatic nitrogens is 2. The van der Waals surface area contributed by atoms with E-state index in [1.807, 2.05) is 35.9 Å². The van der Waals surface area contributed by atoms with Crippen LogP contribution >= 0.6 is 15.9 Å². The van der Waals surface area contributed by atoms with Crippen molar-refractivity contribution in [3.63, 3.8) is 0 Å². The Labute approximate surface area is 134 Å². The zero-order valence-electron chi connectivity index (χ0n) is 12.8. The smallest absolute Gasteiger partial charge is 0.131 e. The molecule has 0 fully saturated rings. The van der Waals surface area contributed by atoms with E-state index in [1.165, 1.54) is 0 Å². The summed E-state index contributed by atoms with van der Waals surface area (Å²) in [5, 5.41) is 4.57. The molecule has 0 spiro atoms. The number of nitrogens with zero attached hydrogens (tertiary/aromatic N) is 2. The van der Waals surface area contributed by atoms with Gasteiger partial charge in [-0.1, -0.05) is 19.1 Å². The summed E-state index contributed by atoms with van der Waals surface area (Å²) in [6, 6.07) is 7.93. The fraction of sp³-hybridized carbons (Fsp3) is 0.438. The van der Waals surface area contributed by atoms with Gasteiger partial charge in [0.1, 0.15) is 12.4 Å². The first-order valence-electron chi connectivity index (χ1n) is 7.29. The molecule has 0 aliphatic heterocycles. The topological polar surface area (TPSA) is 53.1 Å². The zero-order chi connectivity index (χ0) is 15.4. The molecule has 21 heavy (non-hydrogen) atoms. The number of nitrogens with two attached hydrogens (primary N) is 1. The third-order valence-electron chi connectivity index (χ3n) is 3.45. The molecule has 0 saturated carbocycles. The molecule has 1 atom stereocenters. The van der Waals surface area contributed by atoms with Crippen LogP contribution in [0.5, 0.6) is 5.75 Å². The maximum atomic E-state index is 5.92. The molecule has 1 heterocycles. The average molecular weight is 352 g/mol. The first-order chi connectivity index (χ1) is 10.1. The lowest BCUT2D eigenvalue weighted by molar-refractivity contribution is 0.291. The first-order valence-corrected chi connectivity index (χ1v) is 8.08. The summed E-state index contributed by atoms with van der Waals surface area (Å²) < 4.78 is 8.95. The molecule has 1 aromatic heterocycles. The van der Waals surface area contributed by atoms with Crippen LogP contribution in [0.4, 0.5) is 0 Å². The summed E-state index contributed by atoms with van der Waals surface area (Å²) in [4.78, 5) is 0. The Bertz CT molecular complexity index is 608. The second-order valence-electron chi connectivity index (χ2n) is 5.03. The molecule has 0 radical (unpaired) electrons. The van der Waals surface area contributed by atoms with Crippen LogP contribution in [-0.2, 0) is 19.6 Å². The van der Waals surface area contributed by atoms with Gasteiger partial charge in [0.2, 0.25) is 0 Å². The van der Waals surface area contributed by atoms with Gasteiger partial charge in [0.15, 0.2) is 0 Å². The highest BCUT2D eigenvalue weighted by Gasteiger charge is 2.14. The quantitative estimate of drug-likeness (QED) is 0.860. The van der Waals surface area contributed by atoms with E-state index in [-0.39, 0.29) is 6.04 Å². The lowest BCUT2D eigenvalue weighted by atomic mass is 10.1. The molecule has 5 heteroatoms. The van der Waals surface area contributed by atoms with Gasteiger partial charge in [0.05, 0.1) is 15.9 Å². The van der Waals surface area contributed by atoms with Gasteiger partial charge in [0.25, 0.3) is 0 Å². The third kappa shape index (κ3) is 3.66. The van der Waals surface area contributed by atoms with E-state index in [0.717, 1.165) is 40.1 Å². The molecule has 0 saturated heterocycles. The summed E-state index contributed by atoms with van der Waals surface area (Å²) in [6.07, 6.45) is 0.904. The van der Waals surface area contributed by atoms with Crippen molar-refractivity contribution in [2.45, 2.75) is 46.4 Å². The van der Waals surface area contributed by atoms with Gasteiger partial charge >= 0.3 is 0 Å². The Morgan fingerprint density at radius 1 is 1.38 bits per heavy atom. The van der Waals surface area contributed by atoms with Gasteiger partial charge in [-0.3, -0.25) is 4.68 Å². The average Bonchev–Trinajstić information content (AvgIpc) is 2.81. The molecule has 2 aromatic rings. The van der Waals surface area contributed by atoms with Crippen LogP contribution in [-0.4, -0.2) is 9.78 Å². The van der Waals surface area contributed by atoms with Crippen molar-refractivity contribution >= 4 is 15.9 Å². The number of ether oxygens (including phenoxy) is 1. The molecule has 114 valence electrons. The predicted octanol–water partition coefficient (Wildman–Crippen LogP) is 3.83. The number of rotatable bonds is 6. The van der Waals surface area contributed by atoms with Crippen molar-refractivity contribution in [1.29, 1.82) is 0 Å². The second-order valence-corrected chi connectivity index (χ2v) is 5.82. The van der Waals surface area contributed by atoms with Crippen molar-refractivity contribution in [3.05, 3.63) is 45.7 Å². The minimum absolute atomic E-state index is 0.00755. The Kier molecular flexibility index (Phi) is 5.42. The largest absolute Gasteiger partial charge is 0.487 e. The molecule has 2 rings (SSSR count). The van der Waals surface area contributed by atoms with Crippen LogP contribution in [0.3, 0.4) is 0 Å². The van der Waals surface area contributed by atoms with E-state index < -0.39 is 0 Å². The fourth-order valence-corrected chi connectivity index (χ4v) is 2.87. The number of halogens is 1. The van der Waals surface area contributed by atoms with Crippen LogP contribution in [0.2, 0.25) is 0 Å². The maximum Gasteiger partial charge on any atom is 0.131 e. The number of aryl methyl sites for hydroxylation is 2. The van der Waals surface area contributed by atoms with Crippen molar-refractivity contribution in [3.8, 4) is 5.75 Å². The Hall–Kier alpha value is -1.33. The third-order valence-corrected chi connectivity index (χ3v) is 4.37. The molecule has 0 unspecified atom stereocenters. The minimum atomic E-state index is 0.00755. The van der Waals surface area contributed by atoms with E-state index in [4.69, 9.17) is 10.5 Å². The molecule has 1 aromatic carbocycles. The predicted molar refractivity (Wildman–Crippen MR) is 88.4 cm³/mol. The van der Waals surface area contributed by atoms with E-state index in [9.17, 15) is 0 Å². The Morgan fingerprint density at radius 2 is 2.14 bits per heavy atom. The molecule has 0 bridgehead atoms. The van der Waals surface area contributed by atoms with Gasteiger partial charge in [-0.15, -0.1) is 0 Å². The first kappa shape index (κ1) is 16.0. The summed E-state index contributed by atoms with van der Waals surface area (Å²) in [7, 11) is 0. The monoisotopic (exact) mass is 351 g/mol. The van der Waals surface area contributed by atoms with E-state index in [0.29, 0.717) is 6.61 Å². The normalized spacial score (nSPS) is 12.4. The highest BCUT2D eigenvalue weighted by atomic mass is 79.9. The van der Waals surface area contributed by atoms with E-state index in [1.54, 1.807) is 0 Å². The van der Waals surface area contributed by atoms with Gasteiger partial charge in [-0.05, 0) is 53.9 Å². The van der Waals surface area contributed by atoms with Gasteiger partial charge in [-0.25, -0.2) is 0 Å². The summed E-state index contributed by atoms with van der Waals surface area (Å²) >= 11 is 3.63. The van der Waals surface area contributed by atoms with Gasteiger partial charge in [-0.2, -0.15) is 5.10 Å². The maximum absolute atomic E-state index is 5.92. The van der Waals surface area contributed by atoms with E-state index >= 15 is 0 Å². The molecule has 4 nitrogen and oxygen atoms in total. The lowest BCUT2D eigenvalue weighted by Gasteiger charge is -2.11. The fourth-order valence-electron chi connectivity index (χ4n) is 2.19. The van der Waals surface area contributed by atoms with Crippen LogP contribution in [0.1, 0.15) is 43.8 Å². The standard InChI is InChI=1S/C16H22BrN3O/c1-4-14-16(17)15(20(5-2)19-14)10-21-13-8-6-7-12(9-13)11(3)18/h6-9,11H,4-5,10,18H2,1-3H3/t11-/m1/s1. The highest BCUT2D eigenvalue weighted by Crippen LogP contribution is 2.25. The minimum Gasteiger partial charge on any atom is -0.487 e. The molecule has 0 amide bonds. The molecule has 0 aliphatic carbocycles. The number of hydrogen-bond acceptors (Lipinski definition) is 3. The van der Waals surface area contributed by atoms with Gasteiger partial charge < -0.3 is 10.5 Å². The SMILES string of the molecule is CCc1nn(CC)c(COc2cccc([C@@H](C)N)c2)c1Br. The molecular weight excluding hydrogens is 330 g/mol. The van der Waals surface area contributed by atoms with Crippen molar-refractivity contribution in [1.82, 2.24) is 9.78 Å². The van der Waals surface area contributed by atoms with Crippen LogP contribution in [0, 0.1) is 0 Å². The lowest BCUT2D eigenvalue weighted by Crippen LogP contribution is -2.08. The summed E-state index contributed by atoms with van der Waals surface area (Å²) in [6.45, 7) is 7.47. The Morgan fingerprint density at radius 3 is 2.76 bits per heavy atom. The molecular formula is C16H22BrN3O. The van der Waals surface area contributed by atoms with Crippen LogP contribution in [0.15, 0.2) is 28.7 Å². The van der Waals surface area contributed by atoms with E-state index in [2.05, 4.69) is 34.9 Å². The van der Waals surface area contributed by atoms with Crippen LogP contribution in [0.25, 0.3) is 0 Å². The Balaban J connectivity index is 2.16. The summed E-state index contributed by atoms with van der Waals surface area (Å²) in [5.74, 6) is 0.832.